The van der Waals surface area contributed by atoms with Crippen LogP contribution in [0.3, 0.4) is 0 Å². The number of rotatable bonds is 6. The number of hydrogen-bond donors (Lipinski definition) is 0. The molecule has 1 heterocycles. The number of ether oxygens (including phenoxy) is 1. The van der Waals surface area contributed by atoms with E-state index in [4.69, 9.17) is 4.74 Å². The molecule has 5 nitrogen and oxygen atoms in total. The summed E-state index contributed by atoms with van der Waals surface area (Å²) >= 11 is 0. The molecule has 5 heteroatoms. The third-order valence-electron chi connectivity index (χ3n) is 4.76. The lowest BCUT2D eigenvalue weighted by atomic mass is 9.79. The number of β-lactam (4-membered cyclic amide) rings is 1. The van der Waals surface area contributed by atoms with E-state index < -0.39 is 0 Å². The fourth-order valence-electron chi connectivity index (χ4n) is 3.40. The smallest absolute Gasteiger partial charge is 0.233 e. The molecule has 136 valence electrons. The maximum atomic E-state index is 12.7. The van der Waals surface area contributed by atoms with Gasteiger partial charge in [-0.05, 0) is 30.2 Å². The predicted molar refractivity (Wildman–Crippen MR) is 102 cm³/mol. The zero-order valence-electron chi connectivity index (χ0n) is 15.3. The Balaban J connectivity index is 1.84. The highest BCUT2D eigenvalue weighted by Crippen LogP contribution is 2.36. The number of benzene rings is 2. The topological polar surface area (TPSA) is 55.6 Å². The van der Waals surface area contributed by atoms with Crippen molar-refractivity contribution in [3.05, 3.63) is 65.4 Å². The highest BCUT2D eigenvalue weighted by Gasteiger charge is 2.50. The predicted octanol–water partition coefficient (Wildman–Crippen LogP) is 3.46. The van der Waals surface area contributed by atoms with Crippen molar-refractivity contribution in [3.63, 3.8) is 0 Å². The van der Waals surface area contributed by atoms with Gasteiger partial charge in [0.15, 0.2) is 12.8 Å². The van der Waals surface area contributed by atoms with Gasteiger partial charge in [-0.15, -0.1) is 0 Å². The molecule has 26 heavy (non-hydrogen) atoms. The SMILES string of the molecule is COc1ccc(N2C(=O)[C@H](C(C)C)[C@@H]2/C=[N+](\[O-])Cc2ccccc2)cc1. The van der Waals surface area contributed by atoms with Gasteiger partial charge in [0.2, 0.25) is 5.91 Å². The molecular formula is C21H24N2O3. The second kappa shape index (κ2) is 7.60. The summed E-state index contributed by atoms with van der Waals surface area (Å²) in [5.74, 6) is 0.782. The van der Waals surface area contributed by atoms with E-state index in [1.165, 1.54) is 0 Å². The Kier molecular flexibility index (Phi) is 5.26. The first kappa shape index (κ1) is 18.0. The Hall–Kier alpha value is -2.82. The molecule has 0 unspecified atom stereocenters. The third-order valence-corrected chi connectivity index (χ3v) is 4.76. The number of hydrogen-bond acceptors (Lipinski definition) is 3. The molecule has 0 radical (unpaired) electrons. The molecule has 2 aromatic rings. The van der Waals surface area contributed by atoms with Crippen molar-refractivity contribution in [1.82, 2.24) is 0 Å². The van der Waals surface area contributed by atoms with Crippen LogP contribution in [-0.4, -0.2) is 30.0 Å². The van der Waals surface area contributed by atoms with Gasteiger partial charge in [-0.2, -0.15) is 0 Å². The molecule has 0 spiro atoms. The van der Waals surface area contributed by atoms with Crippen molar-refractivity contribution in [2.24, 2.45) is 11.8 Å². The quantitative estimate of drug-likeness (QED) is 0.263. The second-order valence-corrected chi connectivity index (χ2v) is 6.88. The van der Waals surface area contributed by atoms with Crippen molar-refractivity contribution in [1.29, 1.82) is 0 Å². The van der Waals surface area contributed by atoms with Gasteiger partial charge >= 0.3 is 0 Å². The van der Waals surface area contributed by atoms with Crippen molar-refractivity contribution >= 4 is 17.8 Å². The largest absolute Gasteiger partial charge is 0.624 e. The fraction of sp³-hybridized carbons (Fsp3) is 0.333. The molecule has 1 amide bonds. The molecule has 0 saturated carbocycles. The van der Waals surface area contributed by atoms with Crippen LogP contribution in [-0.2, 0) is 11.3 Å². The number of nitrogens with zero attached hydrogens (tertiary/aromatic N) is 2. The van der Waals surface area contributed by atoms with Crippen LogP contribution in [0.2, 0.25) is 0 Å². The van der Waals surface area contributed by atoms with Crippen LogP contribution in [0.5, 0.6) is 5.75 Å². The first-order valence-corrected chi connectivity index (χ1v) is 8.81. The summed E-state index contributed by atoms with van der Waals surface area (Å²) in [4.78, 5) is 14.4. The molecule has 3 rings (SSSR count). The lowest BCUT2D eigenvalue weighted by Crippen LogP contribution is -2.64. The first-order valence-electron chi connectivity index (χ1n) is 8.81. The zero-order valence-corrected chi connectivity index (χ0v) is 15.3. The summed E-state index contributed by atoms with van der Waals surface area (Å²) in [7, 11) is 1.61. The summed E-state index contributed by atoms with van der Waals surface area (Å²) in [5.41, 5.74) is 1.73. The Bertz CT molecular complexity index is 785. The van der Waals surface area contributed by atoms with E-state index in [2.05, 4.69) is 0 Å². The van der Waals surface area contributed by atoms with Crippen molar-refractivity contribution in [2.75, 3.05) is 12.0 Å². The summed E-state index contributed by atoms with van der Waals surface area (Å²) in [6, 6.07) is 16.7. The number of carbonyl (C=O) groups excluding carboxylic acids is 1. The number of carbonyl (C=O) groups is 1. The molecule has 1 saturated heterocycles. The fourth-order valence-corrected chi connectivity index (χ4v) is 3.40. The third kappa shape index (κ3) is 3.57. The minimum absolute atomic E-state index is 0.0551. The summed E-state index contributed by atoms with van der Waals surface area (Å²) in [6.45, 7) is 4.30. The van der Waals surface area contributed by atoms with Crippen molar-refractivity contribution < 1.29 is 14.3 Å². The minimum atomic E-state index is -0.239. The van der Waals surface area contributed by atoms with E-state index in [1.54, 1.807) is 18.2 Å². The molecule has 2 aromatic carbocycles. The van der Waals surface area contributed by atoms with Crippen LogP contribution in [0.1, 0.15) is 19.4 Å². The lowest BCUT2D eigenvalue weighted by Gasteiger charge is -2.46. The average Bonchev–Trinajstić information content (AvgIpc) is 2.62. The first-order chi connectivity index (χ1) is 12.5. The van der Waals surface area contributed by atoms with Crippen LogP contribution in [0, 0.1) is 17.0 Å². The Morgan fingerprint density at radius 3 is 2.38 bits per heavy atom. The van der Waals surface area contributed by atoms with E-state index >= 15 is 0 Å². The second-order valence-electron chi connectivity index (χ2n) is 6.88. The van der Waals surface area contributed by atoms with Gasteiger partial charge in [0, 0.05) is 11.3 Å². The van der Waals surface area contributed by atoms with Gasteiger partial charge in [0.25, 0.3) is 0 Å². The molecular weight excluding hydrogens is 328 g/mol. The molecule has 0 aromatic heterocycles. The van der Waals surface area contributed by atoms with Crippen molar-refractivity contribution in [3.8, 4) is 5.75 Å². The Morgan fingerprint density at radius 1 is 1.15 bits per heavy atom. The highest BCUT2D eigenvalue weighted by atomic mass is 16.5. The van der Waals surface area contributed by atoms with Crippen molar-refractivity contribution in [2.45, 2.75) is 26.4 Å². The summed E-state index contributed by atoms with van der Waals surface area (Å²) in [5, 5.41) is 12.5. The van der Waals surface area contributed by atoms with Gasteiger partial charge < -0.3 is 9.94 Å². The molecule has 0 bridgehead atoms. The number of methoxy groups -OCH3 is 1. The van der Waals surface area contributed by atoms with Gasteiger partial charge in [-0.1, -0.05) is 44.2 Å². The molecule has 0 N–H and O–H groups in total. The van der Waals surface area contributed by atoms with Gasteiger partial charge in [-0.3, -0.25) is 9.69 Å². The van der Waals surface area contributed by atoms with Crippen LogP contribution in [0.4, 0.5) is 5.69 Å². The molecule has 1 fully saturated rings. The van der Waals surface area contributed by atoms with Crippen LogP contribution < -0.4 is 9.64 Å². The van der Waals surface area contributed by atoms with E-state index in [-0.39, 0.29) is 30.3 Å². The number of amides is 1. The number of anilines is 1. The van der Waals surface area contributed by atoms with E-state index in [0.29, 0.717) is 0 Å². The zero-order chi connectivity index (χ0) is 18.7. The van der Waals surface area contributed by atoms with Gasteiger partial charge in [0.1, 0.15) is 11.8 Å². The van der Waals surface area contributed by atoms with E-state index in [0.717, 1.165) is 21.7 Å². The standard InChI is InChI=1S/C21H24N2O3/c1-15(2)20-19(14-22(25)13-16-7-5-4-6-8-16)23(21(20)24)17-9-11-18(26-3)12-10-17/h4-12,14-15,19-20H,13H2,1-3H3/b22-14-/t19-,20+/m0/s1. The molecule has 1 aliphatic rings. The summed E-state index contributed by atoms with van der Waals surface area (Å²) < 4.78 is 6.10. The Morgan fingerprint density at radius 2 is 1.81 bits per heavy atom. The monoisotopic (exact) mass is 352 g/mol. The van der Waals surface area contributed by atoms with Gasteiger partial charge in [-0.25, -0.2) is 4.74 Å². The molecule has 2 atom stereocenters. The maximum absolute atomic E-state index is 12.7. The highest BCUT2D eigenvalue weighted by molar-refractivity contribution is 6.08. The Labute approximate surface area is 154 Å². The number of hydroxylamine groups is 1. The molecule has 0 aliphatic carbocycles. The lowest BCUT2D eigenvalue weighted by molar-refractivity contribution is -0.471. The van der Waals surface area contributed by atoms with Gasteiger partial charge in [0.05, 0.1) is 13.0 Å². The minimum Gasteiger partial charge on any atom is -0.624 e. The van der Waals surface area contributed by atoms with Crippen LogP contribution in [0.25, 0.3) is 0 Å². The maximum Gasteiger partial charge on any atom is 0.233 e. The van der Waals surface area contributed by atoms with Crippen LogP contribution >= 0.6 is 0 Å². The summed E-state index contributed by atoms with van der Waals surface area (Å²) in [6.07, 6.45) is 1.63. The van der Waals surface area contributed by atoms with Crippen LogP contribution in [0.15, 0.2) is 54.6 Å². The van der Waals surface area contributed by atoms with E-state index in [1.807, 2.05) is 68.4 Å². The normalized spacial score (nSPS) is 20.2. The van der Waals surface area contributed by atoms with E-state index in [9.17, 15) is 10.0 Å². The average molecular weight is 352 g/mol. The molecule has 1 aliphatic heterocycles.